The number of benzene rings is 21. The molecule has 0 amide bonds. The number of aliphatic hydroxyl groups is 1. The second kappa shape index (κ2) is 36.2. The van der Waals surface area contributed by atoms with Crippen LogP contribution in [0.4, 0.5) is 17.1 Å². The van der Waals surface area contributed by atoms with E-state index in [1.54, 1.807) is 0 Å². The van der Waals surface area contributed by atoms with Crippen molar-refractivity contribution >= 4 is 143 Å². The van der Waals surface area contributed by atoms with E-state index >= 15 is 0 Å². The Balaban J connectivity index is 0.000000112. The fraction of sp³-hybridized carbons (Fsp3) is 0.0227. The fourth-order valence-corrected chi connectivity index (χ4v) is 28.5. The summed E-state index contributed by atoms with van der Waals surface area (Å²) in [5.74, 6) is 0. The Labute approximate surface area is 842 Å². The van der Waals surface area contributed by atoms with Gasteiger partial charge in [-0.2, -0.15) is 0 Å². The minimum absolute atomic E-state index is 0.456. The van der Waals surface area contributed by atoms with Crippen molar-refractivity contribution in [1.82, 2.24) is 13.7 Å². The molecule has 668 valence electrons. The number of hydrogen-bond acceptors (Lipinski definition) is 1. The Morgan fingerprint density at radius 1 is 0.204 bits per heavy atom. The highest BCUT2D eigenvalue weighted by molar-refractivity contribution is 9.10. The van der Waals surface area contributed by atoms with Crippen LogP contribution in [0.1, 0.15) is 61.2 Å². The van der Waals surface area contributed by atoms with Gasteiger partial charge in [0.2, 0.25) is 0 Å². The summed E-state index contributed by atoms with van der Waals surface area (Å²) in [5, 5.41) is 24.3. The van der Waals surface area contributed by atoms with Crippen LogP contribution in [-0.4, -0.2) is 26.9 Å². The second-order valence-corrected chi connectivity index (χ2v) is 42.0. The average molecular weight is 1960 g/mol. The van der Waals surface area contributed by atoms with E-state index in [-0.39, 0.29) is 0 Å². The average Bonchev–Trinajstić information content (AvgIpc) is 1.53. The number of halogens is 2. The van der Waals surface area contributed by atoms with E-state index in [9.17, 15) is 5.11 Å². The van der Waals surface area contributed by atoms with E-state index in [0.29, 0.717) is 17.1 Å². The summed E-state index contributed by atoms with van der Waals surface area (Å²) in [6, 6.07) is 184. The van der Waals surface area contributed by atoms with Gasteiger partial charge in [0.1, 0.15) is 5.60 Å². The Hall–Kier alpha value is -17.4. The van der Waals surface area contributed by atoms with Crippen molar-refractivity contribution in [2.75, 3.05) is 0 Å². The first kappa shape index (κ1) is 87.4. The molecule has 0 unspecified atom stereocenters. The van der Waals surface area contributed by atoms with Crippen LogP contribution in [0.25, 0.3) is 130 Å². The van der Waals surface area contributed by atoms with E-state index in [0.717, 1.165) is 75.9 Å². The predicted molar refractivity (Wildman–Crippen MR) is 595 cm³/mol. The molecule has 0 spiro atoms. The van der Waals surface area contributed by atoms with Gasteiger partial charge in [-0.15, -0.1) is 0 Å². The molecule has 0 fully saturated rings. The second-order valence-electron chi connectivity index (χ2n) is 36.3. The zero-order chi connectivity index (χ0) is 95.6. The van der Waals surface area contributed by atoms with Crippen LogP contribution in [0.2, 0.25) is 0 Å². The van der Waals surface area contributed by atoms with Crippen molar-refractivity contribution in [1.29, 1.82) is 0 Å². The summed E-state index contributed by atoms with van der Waals surface area (Å²) in [4.78, 5) is 10.7. The molecule has 27 rings (SSSR count). The van der Waals surface area contributed by atoms with Gasteiger partial charge in [0, 0.05) is 69.5 Å². The van der Waals surface area contributed by atoms with Gasteiger partial charge >= 0.3 is 0 Å². The van der Waals surface area contributed by atoms with Crippen molar-refractivity contribution in [2.45, 2.75) is 16.4 Å². The molecule has 3 heterocycles. The lowest BCUT2D eigenvalue weighted by Crippen LogP contribution is -2.74. The highest BCUT2D eigenvalue weighted by Crippen LogP contribution is 2.60. The third kappa shape index (κ3) is 14.1. The normalized spacial score (nSPS) is 12.9. The van der Waals surface area contributed by atoms with Gasteiger partial charge in [-0.25, -0.2) is 14.5 Å². The molecule has 24 aromatic rings. The molecule has 7 nitrogen and oxygen atoms in total. The van der Waals surface area contributed by atoms with Gasteiger partial charge in [-0.1, -0.05) is 438 Å². The molecule has 142 heavy (non-hydrogen) atoms. The van der Waals surface area contributed by atoms with Crippen LogP contribution in [0.3, 0.4) is 0 Å². The first-order valence-electron chi connectivity index (χ1n) is 47.6. The smallest absolute Gasteiger partial charge is 0.187 e. The lowest BCUT2D eigenvalue weighted by atomic mass is 9.67. The van der Waals surface area contributed by atoms with Crippen LogP contribution in [0, 0.1) is 19.7 Å². The minimum atomic E-state index is -2.73. The lowest BCUT2D eigenvalue weighted by Gasteiger charge is -2.36. The SMILES string of the molecule is OC1(c2ccc(Br)cc2)c2ccccc2-c2ccccc21.[C-]#[N+]c1ccc(-n2c3ccccc3c3cc(C4(c5ccc(Br)cc5)c5ccccc5-c5ccccc54)ccc32)cc1.[C-]#[N+]c1ccc(-n2c3ccccc3c3cc(C4(c5ccc([Si](c6ccccc6)(c6ccccc6)c6ccccc6)cc5)c5ccccc5-c5ccccc54)ccc32)cc1.[C-]#[N+]c1ccc(-n2c3ccccc3c3ccccc32)cc1. The molecule has 0 bridgehead atoms. The summed E-state index contributed by atoms with van der Waals surface area (Å²) in [6.45, 7) is 22.0. The van der Waals surface area contributed by atoms with Crippen LogP contribution >= 0.6 is 31.9 Å². The first-order valence-corrected chi connectivity index (χ1v) is 51.2. The van der Waals surface area contributed by atoms with Crippen LogP contribution in [0.5, 0.6) is 0 Å². The van der Waals surface area contributed by atoms with E-state index in [1.807, 2.05) is 121 Å². The lowest BCUT2D eigenvalue weighted by molar-refractivity contribution is 0.130. The van der Waals surface area contributed by atoms with Crippen molar-refractivity contribution in [3.8, 4) is 50.4 Å². The molecular weight excluding hydrogens is 1870 g/mol. The Morgan fingerprint density at radius 2 is 0.430 bits per heavy atom. The number of fused-ring (bicyclic) bond motifs is 18. The maximum absolute atomic E-state index is 11.5. The van der Waals surface area contributed by atoms with Gasteiger partial charge in [0.15, 0.2) is 25.1 Å². The Bertz CT molecular complexity index is 8860. The van der Waals surface area contributed by atoms with E-state index in [1.165, 1.54) is 131 Å². The number of aromatic nitrogens is 3. The van der Waals surface area contributed by atoms with Crippen molar-refractivity contribution in [2.24, 2.45) is 0 Å². The molecule has 21 aromatic carbocycles. The number of rotatable bonds is 12. The molecule has 0 saturated heterocycles. The highest BCUT2D eigenvalue weighted by Gasteiger charge is 2.50. The van der Waals surface area contributed by atoms with Crippen LogP contribution < -0.4 is 20.7 Å². The summed E-state index contributed by atoms with van der Waals surface area (Å²) >= 11 is 7.12. The minimum Gasteiger partial charge on any atom is -0.376 e. The third-order valence-electron chi connectivity index (χ3n) is 29.2. The first-order chi connectivity index (χ1) is 70.0. The quantitative estimate of drug-likeness (QED) is 0.0740. The van der Waals surface area contributed by atoms with Crippen LogP contribution in [-0.2, 0) is 16.4 Å². The van der Waals surface area contributed by atoms with Gasteiger partial charge in [-0.3, -0.25) is 0 Å². The molecule has 3 aliphatic carbocycles. The van der Waals surface area contributed by atoms with Crippen molar-refractivity contribution in [3.05, 3.63) is 620 Å². The molecule has 10 heteroatoms. The predicted octanol–water partition coefficient (Wildman–Crippen LogP) is 31.6. The molecule has 3 aliphatic rings. The molecule has 1 N–H and O–H groups in total. The summed E-state index contributed by atoms with van der Waals surface area (Å²) in [7, 11) is -2.73. The summed E-state index contributed by atoms with van der Waals surface area (Å²) < 4.78 is 8.97. The highest BCUT2D eigenvalue weighted by atomic mass is 79.9. The van der Waals surface area contributed by atoms with Crippen molar-refractivity contribution < 1.29 is 5.11 Å². The standard InChI is InChI=1S/C56H38N2Si.C38H23BrN2.C19H13BrO.C19H12N2/c1-57-42-32-34-43(35-33-42)58-54-28-16-13-25-50(54)51-39-41(31-38-55(51)58)56(52-26-14-11-23-48(52)49-24-12-15-27-53(49)56)40-29-36-47(37-30-40)59(44-17-5-2-6-18-44,45-19-7-3-8-20-45)46-21-9-4-10-22-46;1-40-28-19-21-29(22-20-28)41-36-13-7-4-10-32(36)33-24-26(16-23-37(33)41)38(25-14-17-27(39)18-15-25)34-11-5-2-8-30(34)31-9-3-6-12-35(31)38;20-14-11-9-13(10-12-14)19(21)17-7-3-1-5-15(17)16-6-2-4-8-18(16)19;1-20-14-10-12-15(13-11-14)21-18-8-4-2-6-16(18)17-7-3-5-9-19(17)21/h2-39H;2-24H;1-12,21H;2-13H. The van der Waals surface area contributed by atoms with Gasteiger partial charge < -0.3 is 18.8 Å². The third-order valence-corrected chi connectivity index (χ3v) is 35.1. The monoisotopic (exact) mass is 1960 g/mol. The molecule has 0 radical (unpaired) electrons. The zero-order valence-electron chi connectivity index (χ0n) is 77.0. The maximum Gasteiger partial charge on any atom is 0.187 e. The number of para-hydroxylation sites is 4. The topological polar surface area (TPSA) is 48.1 Å². The molecular formula is C132H86Br2N6OSi. The van der Waals surface area contributed by atoms with Gasteiger partial charge in [0.05, 0.1) is 63.6 Å². The van der Waals surface area contributed by atoms with E-state index < -0.39 is 24.5 Å². The number of nitrogens with zero attached hydrogens (tertiary/aromatic N) is 6. The Kier molecular flexibility index (Phi) is 22.3. The largest absolute Gasteiger partial charge is 0.376 e. The fourth-order valence-electron chi connectivity index (χ4n) is 23.2. The van der Waals surface area contributed by atoms with Gasteiger partial charge in [-0.05, 0) is 213 Å². The molecule has 0 saturated carbocycles. The van der Waals surface area contributed by atoms with E-state index in [4.69, 9.17) is 19.7 Å². The maximum atomic E-state index is 11.5. The number of hydrogen-bond donors (Lipinski definition) is 1. The summed E-state index contributed by atoms with van der Waals surface area (Å²) in [5.41, 5.74) is 30.3. The molecule has 0 aliphatic heterocycles. The summed E-state index contributed by atoms with van der Waals surface area (Å²) in [6.07, 6.45) is 0. The van der Waals surface area contributed by atoms with Crippen LogP contribution in [0.15, 0.2) is 525 Å². The van der Waals surface area contributed by atoms with Gasteiger partial charge in [0.25, 0.3) is 0 Å². The molecule has 0 atom stereocenters. The molecule has 3 aromatic heterocycles. The van der Waals surface area contributed by atoms with Crippen molar-refractivity contribution in [3.63, 3.8) is 0 Å². The zero-order valence-corrected chi connectivity index (χ0v) is 81.1. The van der Waals surface area contributed by atoms with E-state index in [2.05, 4.69) is 454 Å². The Morgan fingerprint density at radius 3 is 0.732 bits per heavy atom.